The first-order valence-corrected chi connectivity index (χ1v) is 10.1. The van der Waals surface area contributed by atoms with E-state index in [1.54, 1.807) is 44.6 Å². The van der Waals surface area contributed by atoms with Crippen LogP contribution in [0.15, 0.2) is 42.5 Å². The molecule has 3 aromatic rings. The monoisotopic (exact) mass is 432 g/mol. The van der Waals surface area contributed by atoms with Crippen molar-refractivity contribution in [2.75, 3.05) is 32.8 Å². The van der Waals surface area contributed by atoms with Gasteiger partial charge in [-0.3, -0.25) is 4.79 Å². The Morgan fingerprint density at radius 1 is 1.10 bits per heavy atom. The van der Waals surface area contributed by atoms with Gasteiger partial charge in [-0.1, -0.05) is 23.7 Å². The summed E-state index contributed by atoms with van der Waals surface area (Å²) in [5.74, 6) is 0.886. The van der Waals surface area contributed by atoms with E-state index in [2.05, 4.69) is 10.3 Å². The van der Waals surface area contributed by atoms with Crippen LogP contribution in [0, 0.1) is 6.92 Å². The van der Waals surface area contributed by atoms with Crippen LogP contribution in [0.3, 0.4) is 0 Å². The molecule has 6 nitrogen and oxygen atoms in total. The Balaban J connectivity index is 1.78. The second kappa shape index (κ2) is 9.73. The fourth-order valence-electron chi connectivity index (χ4n) is 2.61. The SMILES string of the molecule is COCCOc1cc(NC(=O)c2sc(-c3ccc(Cl)cc3)nc2C)ccc1OC. The van der Waals surface area contributed by atoms with Crippen LogP contribution in [0.2, 0.25) is 5.02 Å². The summed E-state index contributed by atoms with van der Waals surface area (Å²) in [5.41, 5.74) is 2.19. The van der Waals surface area contributed by atoms with Gasteiger partial charge in [-0.25, -0.2) is 4.98 Å². The van der Waals surface area contributed by atoms with Crippen LogP contribution in [-0.2, 0) is 4.74 Å². The lowest BCUT2D eigenvalue weighted by atomic mass is 10.2. The molecule has 1 amide bonds. The summed E-state index contributed by atoms with van der Waals surface area (Å²) in [6.07, 6.45) is 0. The molecule has 1 heterocycles. The maximum Gasteiger partial charge on any atom is 0.267 e. The van der Waals surface area contributed by atoms with Gasteiger partial charge in [-0.15, -0.1) is 11.3 Å². The van der Waals surface area contributed by atoms with E-state index < -0.39 is 0 Å². The van der Waals surface area contributed by atoms with Crippen molar-refractivity contribution in [3.8, 4) is 22.1 Å². The highest BCUT2D eigenvalue weighted by molar-refractivity contribution is 7.17. The predicted octanol–water partition coefficient (Wildman–Crippen LogP) is 5.06. The summed E-state index contributed by atoms with van der Waals surface area (Å²) in [4.78, 5) is 17.9. The minimum atomic E-state index is -0.228. The number of carbonyl (C=O) groups excluding carboxylic acids is 1. The minimum Gasteiger partial charge on any atom is -0.493 e. The molecule has 0 aliphatic rings. The molecule has 0 atom stereocenters. The van der Waals surface area contributed by atoms with Gasteiger partial charge in [0.2, 0.25) is 0 Å². The van der Waals surface area contributed by atoms with Gasteiger partial charge in [0.25, 0.3) is 5.91 Å². The summed E-state index contributed by atoms with van der Waals surface area (Å²) in [5, 5.41) is 4.32. The molecule has 152 valence electrons. The number of anilines is 1. The molecule has 0 saturated carbocycles. The number of benzene rings is 2. The Morgan fingerprint density at radius 3 is 2.55 bits per heavy atom. The molecule has 0 bridgehead atoms. The third-order valence-corrected chi connectivity index (χ3v) is 5.52. The number of thiazole rings is 1. The molecule has 3 rings (SSSR count). The van der Waals surface area contributed by atoms with E-state index in [0.29, 0.717) is 46.0 Å². The van der Waals surface area contributed by atoms with E-state index in [-0.39, 0.29) is 5.91 Å². The van der Waals surface area contributed by atoms with Crippen LogP contribution in [0.4, 0.5) is 5.69 Å². The molecule has 0 spiro atoms. The second-order valence-electron chi connectivity index (χ2n) is 6.10. The molecule has 1 aromatic heterocycles. The number of methoxy groups -OCH3 is 2. The molecule has 0 fully saturated rings. The lowest BCUT2D eigenvalue weighted by molar-refractivity contribution is 0.102. The fourth-order valence-corrected chi connectivity index (χ4v) is 3.71. The molecule has 0 aliphatic heterocycles. The van der Waals surface area contributed by atoms with Crippen LogP contribution in [0.25, 0.3) is 10.6 Å². The van der Waals surface area contributed by atoms with E-state index in [0.717, 1.165) is 10.6 Å². The first-order chi connectivity index (χ1) is 14.0. The van der Waals surface area contributed by atoms with E-state index in [9.17, 15) is 4.79 Å². The molecule has 0 unspecified atom stereocenters. The number of hydrogen-bond acceptors (Lipinski definition) is 6. The van der Waals surface area contributed by atoms with Crippen LogP contribution in [0.1, 0.15) is 15.4 Å². The standard InChI is InChI=1S/C21H21ClN2O4S/c1-13-19(29-21(23-13)14-4-6-15(22)7-5-14)20(25)24-16-8-9-17(27-3)18(12-16)28-11-10-26-2/h4-9,12H,10-11H2,1-3H3,(H,24,25). The number of nitrogens with zero attached hydrogens (tertiary/aromatic N) is 1. The summed E-state index contributed by atoms with van der Waals surface area (Å²) >= 11 is 7.28. The van der Waals surface area contributed by atoms with Crippen molar-refractivity contribution >= 4 is 34.5 Å². The smallest absolute Gasteiger partial charge is 0.267 e. The van der Waals surface area contributed by atoms with Crippen molar-refractivity contribution in [3.05, 3.63) is 58.1 Å². The lowest BCUT2D eigenvalue weighted by Gasteiger charge is -2.12. The number of nitrogens with one attached hydrogen (secondary N) is 1. The van der Waals surface area contributed by atoms with Crippen molar-refractivity contribution in [2.45, 2.75) is 6.92 Å². The van der Waals surface area contributed by atoms with Gasteiger partial charge in [0.05, 0.1) is 19.4 Å². The second-order valence-corrected chi connectivity index (χ2v) is 7.54. The molecule has 1 N–H and O–H groups in total. The average Bonchev–Trinajstić information content (AvgIpc) is 3.11. The quantitative estimate of drug-likeness (QED) is 0.504. The number of aromatic nitrogens is 1. The van der Waals surface area contributed by atoms with Crippen molar-refractivity contribution in [1.29, 1.82) is 0 Å². The molecule has 29 heavy (non-hydrogen) atoms. The third-order valence-electron chi connectivity index (χ3n) is 4.06. The van der Waals surface area contributed by atoms with Crippen LogP contribution >= 0.6 is 22.9 Å². The van der Waals surface area contributed by atoms with E-state index in [1.807, 2.05) is 19.1 Å². The fraction of sp³-hybridized carbons (Fsp3) is 0.238. The number of ether oxygens (including phenoxy) is 3. The van der Waals surface area contributed by atoms with Crippen LogP contribution < -0.4 is 14.8 Å². The number of hydrogen-bond donors (Lipinski definition) is 1. The molecular formula is C21H21ClN2O4S. The maximum atomic E-state index is 12.8. The Kier molecular flexibility index (Phi) is 7.09. The first-order valence-electron chi connectivity index (χ1n) is 8.86. The van der Waals surface area contributed by atoms with Crippen molar-refractivity contribution in [3.63, 3.8) is 0 Å². The predicted molar refractivity (Wildman–Crippen MR) is 116 cm³/mol. The molecule has 2 aromatic carbocycles. The summed E-state index contributed by atoms with van der Waals surface area (Å²) in [6, 6.07) is 12.6. The normalized spacial score (nSPS) is 10.6. The van der Waals surface area contributed by atoms with E-state index >= 15 is 0 Å². The highest BCUT2D eigenvalue weighted by Crippen LogP contribution is 2.32. The largest absolute Gasteiger partial charge is 0.493 e. The lowest BCUT2D eigenvalue weighted by Crippen LogP contribution is -2.12. The van der Waals surface area contributed by atoms with Gasteiger partial charge >= 0.3 is 0 Å². The highest BCUT2D eigenvalue weighted by atomic mass is 35.5. The zero-order valence-electron chi connectivity index (χ0n) is 16.3. The highest BCUT2D eigenvalue weighted by Gasteiger charge is 2.17. The van der Waals surface area contributed by atoms with Gasteiger partial charge in [-0.05, 0) is 31.2 Å². The van der Waals surface area contributed by atoms with Gasteiger partial charge in [0.15, 0.2) is 11.5 Å². The topological polar surface area (TPSA) is 69.7 Å². The van der Waals surface area contributed by atoms with E-state index in [1.165, 1.54) is 11.3 Å². The Bertz CT molecular complexity index is 989. The van der Waals surface area contributed by atoms with Gasteiger partial charge in [0.1, 0.15) is 16.5 Å². The Labute approximate surface area is 178 Å². The summed E-state index contributed by atoms with van der Waals surface area (Å²) < 4.78 is 16.0. The third kappa shape index (κ3) is 5.26. The van der Waals surface area contributed by atoms with Crippen LogP contribution in [-0.4, -0.2) is 38.3 Å². The number of halogens is 1. The van der Waals surface area contributed by atoms with Gasteiger partial charge in [0, 0.05) is 29.4 Å². The maximum absolute atomic E-state index is 12.8. The molecule has 0 aliphatic carbocycles. The zero-order chi connectivity index (χ0) is 20.8. The molecule has 8 heteroatoms. The van der Waals surface area contributed by atoms with Gasteiger partial charge in [-0.2, -0.15) is 0 Å². The number of rotatable bonds is 8. The first kappa shape index (κ1) is 21.1. The Morgan fingerprint density at radius 2 is 1.86 bits per heavy atom. The van der Waals surface area contributed by atoms with Crippen LogP contribution in [0.5, 0.6) is 11.5 Å². The number of aryl methyl sites for hydroxylation is 1. The minimum absolute atomic E-state index is 0.228. The number of carbonyl (C=O) groups is 1. The van der Waals surface area contributed by atoms with Crippen molar-refractivity contribution in [1.82, 2.24) is 4.98 Å². The summed E-state index contributed by atoms with van der Waals surface area (Å²) in [7, 11) is 3.17. The average molecular weight is 433 g/mol. The number of amides is 1. The van der Waals surface area contributed by atoms with Gasteiger partial charge < -0.3 is 19.5 Å². The van der Waals surface area contributed by atoms with Crippen molar-refractivity contribution < 1.29 is 19.0 Å². The van der Waals surface area contributed by atoms with Crippen molar-refractivity contribution in [2.24, 2.45) is 0 Å². The molecule has 0 saturated heterocycles. The Hall–Kier alpha value is -2.61. The molecular weight excluding hydrogens is 412 g/mol. The van der Waals surface area contributed by atoms with E-state index in [4.69, 9.17) is 25.8 Å². The zero-order valence-corrected chi connectivity index (χ0v) is 17.9. The molecule has 0 radical (unpaired) electrons. The summed E-state index contributed by atoms with van der Waals surface area (Å²) in [6.45, 7) is 2.65.